The molecule has 0 unspecified atom stereocenters. The number of carbonyl (C=O) groups excluding carboxylic acids is 1. The van der Waals surface area contributed by atoms with Gasteiger partial charge >= 0.3 is 0 Å². The number of nitrogens with zero attached hydrogens (tertiary/aromatic N) is 3. The Hall–Kier alpha value is -2.06. The maximum absolute atomic E-state index is 13.1. The first-order chi connectivity index (χ1) is 15.4. The fourth-order valence-corrected chi connectivity index (χ4v) is 4.52. The minimum atomic E-state index is -0.253. The molecule has 1 heterocycles. The highest BCUT2D eigenvalue weighted by molar-refractivity contribution is 7.99. The molecule has 1 amide bonds. The lowest BCUT2D eigenvalue weighted by Gasteiger charge is -2.19. The smallest absolute Gasteiger partial charge is 0.262 e. The maximum atomic E-state index is 13.1. The van der Waals surface area contributed by atoms with Crippen LogP contribution in [0.1, 0.15) is 20.3 Å². The van der Waals surface area contributed by atoms with Gasteiger partial charge in [0.15, 0.2) is 5.16 Å². The van der Waals surface area contributed by atoms with Crippen molar-refractivity contribution >= 4 is 57.5 Å². The third kappa shape index (κ3) is 6.25. The summed E-state index contributed by atoms with van der Waals surface area (Å²) in [5.74, 6) is -0.166. The largest absolute Gasteiger partial charge is 0.324 e. The van der Waals surface area contributed by atoms with Crippen molar-refractivity contribution in [3.63, 3.8) is 0 Å². The van der Waals surface area contributed by atoms with Gasteiger partial charge in [-0.15, -0.1) is 0 Å². The zero-order valence-corrected chi connectivity index (χ0v) is 20.4. The molecule has 0 bridgehead atoms. The third-order valence-corrected chi connectivity index (χ3v) is 6.65. The van der Waals surface area contributed by atoms with Crippen LogP contribution in [-0.4, -0.2) is 45.7 Å². The Bertz CT molecular complexity index is 1150. The van der Waals surface area contributed by atoms with Crippen LogP contribution in [0.3, 0.4) is 0 Å². The van der Waals surface area contributed by atoms with E-state index in [1.165, 1.54) is 11.8 Å². The van der Waals surface area contributed by atoms with Crippen molar-refractivity contribution in [2.45, 2.75) is 32.0 Å². The summed E-state index contributed by atoms with van der Waals surface area (Å²) in [6.45, 7) is 7.62. The Kier molecular flexibility index (Phi) is 8.99. The molecule has 0 radical (unpaired) electrons. The van der Waals surface area contributed by atoms with E-state index < -0.39 is 0 Å². The highest BCUT2D eigenvalue weighted by Gasteiger charge is 2.14. The van der Waals surface area contributed by atoms with Gasteiger partial charge in [0.05, 0.1) is 27.4 Å². The van der Waals surface area contributed by atoms with Crippen LogP contribution in [-0.2, 0) is 11.3 Å². The van der Waals surface area contributed by atoms with Crippen molar-refractivity contribution in [1.82, 2.24) is 14.5 Å². The molecule has 0 aliphatic carbocycles. The number of halogens is 2. The molecule has 0 saturated carbocycles. The molecule has 0 aliphatic heterocycles. The van der Waals surface area contributed by atoms with E-state index in [0.29, 0.717) is 38.3 Å². The van der Waals surface area contributed by atoms with Crippen molar-refractivity contribution in [2.75, 3.05) is 30.7 Å². The zero-order chi connectivity index (χ0) is 23.1. The van der Waals surface area contributed by atoms with E-state index in [-0.39, 0.29) is 17.2 Å². The zero-order valence-electron chi connectivity index (χ0n) is 18.1. The van der Waals surface area contributed by atoms with Gasteiger partial charge < -0.3 is 10.2 Å². The van der Waals surface area contributed by atoms with Gasteiger partial charge in [-0.2, -0.15) is 0 Å². The van der Waals surface area contributed by atoms with Crippen LogP contribution < -0.4 is 10.9 Å². The molecule has 32 heavy (non-hydrogen) atoms. The number of fused-ring (bicyclic) bond motifs is 1. The Balaban J connectivity index is 1.78. The predicted molar refractivity (Wildman–Crippen MR) is 134 cm³/mol. The number of hydrogen-bond donors (Lipinski definition) is 1. The first kappa shape index (κ1) is 24.6. The molecule has 1 aromatic heterocycles. The molecule has 3 rings (SSSR count). The SMILES string of the molecule is CCN(CC)CCCn1c(SCC(=O)Nc2cc(Cl)ccc2Cl)nc2ccccc2c1=O. The second-order valence-corrected chi connectivity index (χ2v) is 9.00. The average molecular weight is 493 g/mol. The van der Waals surface area contributed by atoms with E-state index >= 15 is 0 Å². The van der Waals surface area contributed by atoms with Crippen molar-refractivity contribution in [2.24, 2.45) is 0 Å². The van der Waals surface area contributed by atoms with Crippen LogP contribution in [0.4, 0.5) is 5.69 Å². The molecule has 3 aromatic rings. The van der Waals surface area contributed by atoms with Gasteiger partial charge in [-0.25, -0.2) is 4.98 Å². The first-order valence-corrected chi connectivity index (χ1v) is 12.3. The second kappa shape index (κ2) is 11.7. The molecular weight excluding hydrogens is 467 g/mol. The fraction of sp³-hybridized carbons (Fsp3) is 0.348. The van der Waals surface area contributed by atoms with Crippen LogP contribution in [0.15, 0.2) is 52.4 Å². The van der Waals surface area contributed by atoms with Crippen molar-refractivity contribution in [1.29, 1.82) is 0 Å². The second-order valence-electron chi connectivity index (χ2n) is 7.21. The fourth-order valence-electron chi connectivity index (χ4n) is 3.36. The molecule has 0 fully saturated rings. The van der Waals surface area contributed by atoms with Crippen LogP contribution >= 0.6 is 35.0 Å². The Morgan fingerprint density at radius 1 is 1.16 bits per heavy atom. The number of rotatable bonds is 10. The van der Waals surface area contributed by atoms with Gasteiger partial charge in [-0.05, 0) is 56.4 Å². The number of amides is 1. The van der Waals surface area contributed by atoms with Crippen molar-refractivity contribution in [3.8, 4) is 0 Å². The Morgan fingerprint density at radius 3 is 2.66 bits per heavy atom. The highest BCUT2D eigenvalue weighted by atomic mass is 35.5. The van der Waals surface area contributed by atoms with Gasteiger partial charge in [-0.3, -0.25) is 14.2 Å². The number of nitrogens with one attached hydrogen (secondary N) is 1. The van der Waals surface area contributed by atoms with Crippen LogP contribution in [0, 0.1) is 0 Å². The number of hydrogen-bond acceptors (Lipinski definition) is 5. The molecule has 0 spiro atoms. The number of benzene rings is 2. The van der Waals surface area contributed by atoms with E-state index in [4.69, 9.17) is 23.2 Å². The van der Waals surface area contributed by atoms with E-state index in [1.54, 1.807) is 28.8 Å². The van der Waals surface area contributed by atoms with Gasteiger partial charge in [0.25, 0.3) is 5.56 Å². The lowest BCUT2D eigenvalue weighted by atomic mass is 10.2. The van der Waals surface area contributed by atoms with Gasteiger partial charge in [0.2, 0.25) is 5.91 Å². The van der Waals surface area contributed by atoms with Gasteiger partial charge in [0, 0.05) is 11.6 Å². The Labute approximate surface area is 201 Å². The summed E-state index contributed by atoms with van der Waals surface area (Å²) in [7, 11) is 0. The van der Waals surface area contributed by atoms with Crippen LogP contribution in [0.25, 0.3) is 10.9 Å². The number of para-hydroxylation sites is 1. The normalized spacial score (nSPS) is 11.3. The molecule has 0 aliphatic rings. The molecule has 6 nitrogen and oxygen atoms in total. The summed E-state index contributed by atoms with van der Waals surface area (Å²) in [5, 5.41) is 4.76. The summed E-state index contributed by atoms with van der Waals surface area (Å²) in [4.78, 5) is 32.7. The summed E-state index contributed by atoms with van der Waals surface area (Å²) in [6, 6.07) is 12.2. The topological polar surface area (TPSA) is 67.2 Å². The number of thioether (sulfide) groups is 1. The third-order valence-electron chi connectivity index (χ3n) is 5.11. The molecule has 170 valence electrons. The summed E-state index contributed by atoms with van der Waals surface area (Å²) in [6.07, 6.45) is 0.819. The number of aromatic nitrogens is 2. The van der Waals surface area contributed by atoms with E-state index in [1.807, 2.05) is 18.2 Å². The standard InChI is InChI=1S/C23H26Cl2N4O2S/c1-3-28(4-2)12-7-13-29-22(31)17-8-5-6-9-19(17)27-23(29)32-15-21(30)26-20-14-16(24)10-11-18(20)25/h5-6,8-11,14H,3-4,7,12-13,15H2,1-2H3,(H,26,30). The summed E-state index contributed by atoms with van der Waals surface area (Å²) < 4.78 is 1.68. The highest BCUT2D eigenvalue weighted by Crippen LogP contribution is 2.26. The first-order valence-electron chi connectivity index (χ1n) is 10.5. The molecule has 0 saturated heterocycles. The minimum Gasteiger partial charge on any atom is -0.324 e. The van der Waals surface area contributed by atoms with Crippen LogP contribution in [0.2, 0.25) is 10.0 Å². The van der Waals surface area contributed by atoms with Crippen molar-refractivity contribution in [3.05, 3.63) is 62.9 Å². The van der Waals surface area contributed by atoms with Gasteiger partial charge in [0.1, 0.15) is 0 Å². The molecular formula is C23H26Cl2N4O2S. The van der Waals surface area contributed by atoms with Crippen LogP contribution in [0.5, 0.6) is 0 Å². The maximum Gasteiger partial charge on any atom is 0.262 e. The lowest BCUT2D eigenvalue weighted by Crippen LogP contribution is -2.28. The predicted octanol–water partition coefficient (Wildman–Crippen LogP) is 5.17. The summed E-state index contributed by atoms with van der Waals surface area (Å²) >= 11 is 13.4. The van der Waals surface area contributed by atoms with E-state index in [0.717, 1.165) is 26.1 Å². The molecule has 0 atom stereocenters. The van der Waals surface area contributed by atoms with E-state index in [9.17, 15) is 9.59 Å². The number of anilines is 1. The average Bonchev–Trinajstić information content (AvgIpc) is 2.79. The molecule has 9 heteroatoms. The number of carbonyl (C=O) groups is 1. The minimum absolute atomic E-state index is 0.0870. The van der Waals surface area contributed by atoms with Gasteiger partial charge in [-0.1, -0.05) is 60.9 Å². The monoisotopic (exact) mass is 492 g/mol. The summed E-state index contributed by atoms with van der Waals surface area (Å²) in [5.41, 5.74) is 0.988. The quantitative estimate of drug-likeness (QED) is 0.312. The van der Waals surface area contributed by atoms with E-state index in [2.05, 4.69) is 29.0 Å². The Morgan fingerprint density at radius 2 is 1.91 bits per heavy atom. The molecule has 1 N–H and O–H groups in total. The van der Waals surface area contributed by atoms with Crippen molar-refractivity contribution < 1.29 is 4.79 Å². The lowest BCUT2D eigenvalue weighted by molar-refractivity contribution is -0.113. The molecule has 2 aromatic carbocycles.